The monoisotopic (exact) mass is 429 g/mol. The number of carbonyl (C=O) groups is 2. The highest BCUT2D eigenvalue weighted by atomic mass is 19.3. The fraction of sp³-hybridized carbons (Fsp3) is 0.200. The van der Waals surface area contributed by atoms with Crippen molar-refractivity contribution in [3.8, 4) is 22.9 Å². The normalized spacial score (nSPS) is 15.2. The van der Waals surface area contributed by atoms with E-state index < -0.39 is 24.5 Å². The highest BCUT2D eigenvalue weighted by molar-refractivity contribution is 6.02. The van der Waals surface area contributed by atoms with Crippen molar-refractivity contribution in [2.75, 3.05) is 17.7 Å². The lowest BCUT2D eigenvalue weighted by molar-refractivity contribution is -0.125. The predicted molar refractivity (Wildman–Crippen MR) is 106 cm³/mol. The van der Waals surface area contributed by atoms with Crippen LogP contribution in [0.3, 0.4) is 0 Å². The highest BCUT2D eigenvalue weighted by Crippen LogP contribution is 2.33. The van der Waals surface area contributed by atoms with Crippen LogP contribution in [0.4, 0.5) is 20.4 Å². The summed E-state index contributed by atoms with van der Waals surface area (Å²) in [5, 5.41) is 13.2. The van der Waals surface area contributed by atoms with Gasteiger partial charge in [0.15, 0.2) is 5.82 Å². The van der Waals surface area contributed by atoms with E-state index in [2.05, 4.69) is 25.6 Å². The molecule has 0 radical (unpaired) electrons. The number of nitrogens with one attached hydrogen (secondary N) is 2. The Bertz CT molecular complexity index is 1120. The van der Waals surface area contributed by atoms with Gasteiger partial charge in [0.25, 0.3) is 0 Å². The summed E-state index contributed by atoms with van der Waals surface area (Å²) in [5.41, 5.74) is 0.703. The van der Waals surface area contributed by atoms with Crippen LogP contribution in [0, 0.1) is 0 Å². The Morgan fingerprint density at radius 3 is 2.65 bits per heavy atom. The molecule has 0 bridgehead atoms. The molecule has 11 heteroatoms. The van der Waals surface area contributed by atoms with Gasteiger partial charge in [-0.05, 0) is 36.4 Å². The molecular weight excluding hydrogens is 412 g/mol. The van der Waals surface area contributed by atoms with Crippen LogP contribution >= 0.6 is 0 Å². The van der Waals surface area contributed by atoms with Crippen molar-refractivity contribution in [3.05, 3.63) is 48.5 Å². The van der Waals surface area contributed by atoms with Gasteiger partial charge in [0.05, 0.1) is 19.2 Å². The Morgan fingerprint density at radius 1 is 1.19 bits per heavy atom. The lowest BCUT2D eigenvalue weighted by atomic mass is 10.1. The van der Waals surface area contributed by atoms with Crippen molar-refractivity contribution in [1.29, 1.82) is 0 Å². The smallest absolute Gasteiger partial charge is 0.387 e. The van der Waals surface area contributed by atoms with Crippen LogP contribution in [-0.4, -0.2) is 40.3 Å². The van der Waals surface area contributed by atoms with Gasteiger partial charge in [0.2, 0.25) is 17.8 Å². The molecule has 0 unspecified atom stereocenters. The van der Waals surface area contributed by atoms with Crippen molar-refractivity contribution in [2.24, 2.45) is 0 Å². The Hall–Kier alpha value is -4.02. The Kier molecular flexibility index (Phi) is 5.48. The Labute approximate surface area is 175 Å². The van der Waals surface area contributed by atoms with E-state index in [1.165, 1.54) is 22.8 Å². The summed E-state index contributed by atoms with van der Waals surface area (Å²) in [6.07, 6.45) is -0.183. The average Bonchev–Trinajstić information content (AvgIpc) is 3.18. The number of rotatable bonds is 6. The molecule has 31 heavy (non-hydrogen) atoms. The van der Waals surface area contributed by atoms with E-state index in [-0.39, 0.29) is 23.8 Å². The van der Waals surface area contributed by atoms with Gasteiger partial charge >= 0.3 is 6.61 Å². The van der Waals surface area contributed by atoms with E-state index >= 15 is 0 Å². The number of carbonyl (C=O) groups excluding carboxylic acids is 2. The molecule has 0 spiro atoms. The van der Waals surface area contributed by atoms with Crippen LogP contribution in [0.1, 0.15) is 12.5 Å². The molecule has 2 aromatic carbocycles. The van der Waals surface area contributed by atoms with Gasteiger partial charge in [0, 0.05) is 5.56 Å². The van der Waals surface area contributed by atoms with Crippen LogP contribution in [0.25, 0.3) is 11.4 Å². The van der Waals surface area contributed by atoms with Crippen LogP contribution in [0.15, 0.2) is 48.5 Å². The first-order valence-electron chi connectivity index (χ1n) is 9.20. The molecule has 2 heterocycles. The molecule has 0 aliphatic carbocycles. The second kappa shape index (κ2) is 8.38. The lowest BCUT2D eigenvalue weighted by Crippen LogP contribution is -2.35. The topological polar surface area (TPSA) is 107 Å². The van der Waals surface area contributed by atoms with Crippen molar-refractivity contribution in [1.82, 2.24) is 14.8 Å². The molecule has 9 nitrogen and oxygen atoms in total. The molecule has 1 aliphatic rings. The van der Waals surface area contributed by atoms with E-state index in [9.17, 15) is 18.4 Å². The number of alkyl halides is 2. The molecule has 4 rings (SSSR count). The van der Waals surface area contributed by atoms with Gasteiger partial charge in [-0.25, -0.2) is 0 Å². The summed E-state index contributed by atoms with van der Waals surface area (Å²) in [7, 11) is 1.54. The van der Waals surface area contributed by atoms with Crippen molar-refractivity contribution in [2.45, 2.75) is 19.1 Å². The molecule has 160 valence electrons. The molecule has 0 saturated heterocycles. The first-order valence-corrected chi connectivity index (χ1v) is 9.20. The van der Waals surface area contributed by atoms with Gasteiger partial charge in [-0.15, -0.1) is 10.2 Å². The van der Waals surface area contributed by atoms with Gasteiger partial charge < -0.3 is 14.8 Å². The molecule has 0 saturated carbocycles. The number of fused-ring (bicyclic) bond motifs is 1. The van der Waals surface area contributed by atoms with Crippen LogP contribution in [0.5, 0.6) is 11.5 Å². The molecule has 1 atom stereocenters. The summed E-state index contributed by atoms with van der Waals surface area (Å²) < 4.78 is 36.4. The maximum absolute atomic E-state index is 13.1. The Morgan fingerprint density at radius 2 is 1.94 bits per heavy atom. The highest BCUT2D eigenvalue weighted by Gasteiger charge is 2.34. The largest absolute Gasteiger partial charge is 0.497 e. The average molecular weight is 429 g/mol. The molecule has 3 aromatic rings. The van der Waals surface area contributed by atoms with E-state index in [0.29, 0.717) is 17.1 Å². The van der Waals surface area contributed by atoms with Crippen LogP contribution in [0.2, 0.25) is 0 Å². The van der Waals surface area contributed by atoms with Crippen molar-refractivity contribution in [3.63, 3.8) is 0 Å². The number of benzene rings is 2. The minimum absolute atomic E-state index is 0.0550. The maximum Gasteiger partial charge on any atom is 0.387 e. The standard InChI is InChI=1S/C20H17F2N5O4/c1-30-12-8-6-11(7-9-12)17-25-26-20-24-16(28)10-14(27(17)20)18(29)23-13-4-2-3-5-15(13)31-19(21)22/h2-9,14,19H,10H2,1H3,(H,23,29)(H,24,26,28)/t14-/m0/s1. The number of para-hydroxylation sites is 2. The second-order valence-electron chi connectivity index (χ2n) is 6.58. The molecule has 2 amide bonds. The van der Waals surface area contributed by atoms with Gasteiger partial charge in [-0.1, -0.05) is 12.1 Å². The molecule has 1 aromatic heterocycles. The number of amides is 2. The fourth-order valence-electron chi connectivity index (χ4n) is 3.25. The fourth-order valence-corrected chi connectivity index (χ4v) is 3.25. The van der Waals surface area contributed by atoms with Gasteiger partial charge in [-0.2, -0.15) is 8.78 Å². The van der Waals surface area contributed by atoms with Crippen LogP contribution in [-0.2, 0) is 9.59 Å². The third-order valence-corrected chi connectivity index (χ3v) is 4.65. The number of aromatic nitrogens is 3. The lowest BCUT2D eigenvalue weighted by Gasteiger charge is -2.25. The molecular formula is C20H17F2N5O4. The first kappa shape index (κ1) is 20.3. The molecule has 1 aliphatic heterocycles. The molecule has 0 fully saturated rings. The Balaban J connectivity index is 1.67. The van der Waals surface area contributed by atoms with E-state index in [4.69, 9.17) is 4.74 Å². The SMILES string of the molecule is COc1ccc(-c2nnc3n2[C@H](C(=O)Nc2ccccc2OC(F)F)CC(=O)N3)cc1. The number of methoxy groups -OCH3 is 1. The van der Waals surface area contributed by atoms with E-state index in [1.54, 1.807) is 37.4 Å². The summed E-state index contributed by atoms with van der Waals surface area (Å²) >= 11 is 0. The van der Waals surface area contributed by atoms with Crippen LogP contribution < -0.4 is 20.1 Å². The summed E-state index contributed by atoms with van der Waals surface area (Å²) in [5.74, 6) is -0.102. The van der Waals surface area contributed by atoms with E-state index in [0.717, 1.165) is 0 Å². The zero-order chi connectivity index (χ0) is 22.0. The van der Waals surface area contributed by atoms with Crippen molar-refractivity contribution >= 4 is 23.5 Å². The van der Waals surface area contributed by atoms with E-state index in [1.807, 2.05) is 0 Å². The minimum Gasteiger partial charge on any atom is -0.497 e. The summed E-state index contributed by atoms with van der Waals surface area (Å²) in [6, 6.07) is 11.7. The number of halogens is 2. The number of nitrogens with zero attached hydrogens (tertiary/aromatic N) is 3. The maximum atomic E-state index is 13.1. The number of ether oxygens (including phenoxy) is 2. The first-order chi connectivity index (χ1) is 15.0. The summed E-state index contributed by atoms with van der Waals surface area (Å²) in [6.45, 7) is -3.05. The predicted octanol–water partition coefficient (Wildman–Crippen LogP) is 3.08. The third kappa shape index (κ3) is 4.15. The third-order valence-electron chi connectivity index (χ3n) is 4.65. The molecule has 2 N–H and O–H groups in total. The minimum atomic E-state index is -3.05. The van der Waals surface area contributed by atoms with Gasteiger partial charge in [-0.3, -0.25) is 19.5 Å². The number of anilines is 2. The number of hydrogen-bond acceptors (Lipinski definition) is 6. The zero-order valence-corrected chi connectivity index (χ0v) is 16.2. The quantitative estimate of drug-likeness (QED) is 0.624. The zero-order valence-electron chi connectivity index (χ0n) is 16.2. The van der Waals surface area contributed by atoms with Crippen molar-refractivity contribution < 1.29 is 27.8 Å². The summed E-state index contributed by atoms with van der Waals surface area (Å²) in [4.78, 5) is 25.2. The second-order valence-corrected chi connectivity index (χ2v) is 6.58. The number of hydrogen-bond donors (Lipinski definition) is 2. The van der Waals surface area contributed by atoms with Gasteiger partial charge in [0.1, 0.15) is 17.5 Å².